The number of carbonyl (C=O) groups is 1. The second-order valence-corrected chi connectivity index (χ2v) is 5.36. The number of hydrogen-bond acceptors (Lipinski definition) is 3. The Morgan fingerprint density at radius 2 is 1.95 bits per heavy atom. The number of amides is 2. The predicted molar refractivity (Wildman–Crippen MR) is 82.0 cm³/mol. The van der Waals surface area contributed by atoms with Gasteiger partial charge in [0.1, 0.15) is 0 Å². The molecular formula is C15H24N4O. The van der Waals surface area contributed by atoms with E-state index in [2.05, 4.69) is 35.6 Å². The van der Waals surface area contributed by atoms with Gasteiger partial charge in [-0.05, 0) is 38.7 Å². The summed E-state index contributed by atoms with van der Waals surface area (Å²) in [7, 11) is 4.01. The number of anilines is 1. The summed E-state index contributed by atoms with van der Waals surface area (Å²) in [5.74, 6) is 0. The SMILES string of the molecule is CNC(C)c1cccc(NC(=O)N2CCN(C)CC2)c1. The third-order valence-corrected chi connectivity index (χ3v) is 3.86. The molecule has 0 saturated carbocycles. The van der Waals surface area contributed by atoms with Gasteiger partial charge in [-0.15, -0.1) is 0 Å². The minimum Gasteiger partial charge on any atom is -0.322 e. The minimum atomic E-state index is -0.00707. The molecule has 1 unspecified atom stereocenters. The molecule has 0 spiro atoms. The Morgan fingerprint density at radius 3 is 2.60 bits per heavy atom. The van der Waals surface area contributed by atoms with Crippen LogP contribution in [0.4, 0.5) is 10.5 Å². The first-order valence-electron chi connectivity index (χ1n) is 7.12. The van der Waals surface area contributed by atoms with Crippen molar-refractivity contribution in [3.8, 4) is 0 Å². The number of piperazine rings is 1. The monoisotopic (exact) mass is 276 g/mol. The summed E-state index contributed by atoms with van der Waals surface area (Å²) in [5, 5.41) is 6.19. The molecule has 1 fully saturated rings. The molecule has 2 rings (SSSR count). The van der Waals surface area contributed by atoms with E-state index in [4.69, 9.17) is 0 Å². The molecule has 1 heterocycles. The molecule has 110 valence electrons. The van der Waals surface area contributed by atoms with Crippen LogP contribution in [0.5, 0.6) is 0 Å². The molecule has 1 aliphatic rings. The molecule has 0 bridgehead atoms. The van der Waals surface area contributed by atoms with Crippen molar-refractivity contribution in [2.24, 2.45) is 0 Å². The van der Waals surface area contributed by atoms with Crippen LogP contribution in [-0.4, -0.2) is 56.1 Å². The van der Waals surface area contributed by atoms with Crippen LogP contribution >= 0.6 is 0 Å². The average molecular weight is 276 g/mol. The van der Waals surface area contributed by atoms with Crippen LogP contribution in [0.15, 0.2) is 24.3 Å². The van der Waals surface area contributed by atoms with Gasteiger partial charge in [-0.2, -0.15) is 0 Å². The largest absolute Gasteiger partial charge is 0.322 e. The van der Waals surface area contributed by atoms with Crippen molar-refractivity contribution in [2.75, 3.05) is 45.6 Å². The van der Waals surface area contributed by atoms with Crippen molar-refractivity contribution in [3.05, 3.63) is 29.8 Å². The van der Waals surface area contributed by atoms with Crippen LogP contribution in [-0.2, 0) is 0 Å². The maximum absolute atomic E-state index is 12.2. The molecule has 1 atom stereocenters. The van der Waals surface area contributed by atoms with Crippen molar-refractivity contribution >= 4 is 11.7 Å². The Bertz CT molecular complexity index is 455. The predicted octanol–water partition coefficient (Wildman–Crippen LogP) is 1.75. The second-order valence-electron chi connectivity index (χ2n) is 5.36. The van der Waals surface area contributed by atoms with Crippen molar-refractivity contribution in [1.29, 1.82) is 0 Å². The van der Waals surface area contributed by atoms with Gasteiger partial charge in [-0.1, -0.05) is 12.1 Å². The summed E-state index contributed by atoms with van der Waals surface area (Å²) in [6, 6.07) is 8.26. The van der Waals surface area contributed by atoms with Crippen molar-refractivity contribution in [2.45, 2.75) is 13.0 Å². The highest BCUT2D eigenvalue weighted by molar-refractivity contribution is 5.89. The molecule has 1 aromatic carbocycles. The van der Waals surface area contributed by atoms with Crippen LogP contribution in [0.2, 0.25) is 0 Å². The van der Waals surface area contributed by atoms with Crippen LogP contribution in [0.25, 0.3) is 0 Å². The number of rotatable bonds is 3. The van der Waals surface area contributed by atoms with Crippen LogP contribution in [0, 0.1) is 0 Å². The zero-order valence-electron chi connectivity index (χ0n) is 12.5. The minimum absolute atomic E-state index is 0.00707. The number of benzene rings is 1. The zero-order valence-corrected chi connectivity index (χ0v) is 12.5. The number of nitrogens with one attached hydrogen (secondary N) is 2. The summed E-state index contributed by atoms with van der Waals surface area (Å²) in [6.07, 6.45) is 0. The fourth-order valence-corrected chi connectivity index (χ4v) is 2.26. The van der Waals surface area contributed by atoms with Gasteiger partial charge in [0.2, 0.25) is 0 Å². The highest BCUT2D eigenvalue weighted by atomic mass is 16.2. The van der Waals surface area contributed by atoms with Gasteiger partial charge >= 0.3 is 6.03 Å². The van der Waals surface area contributed by atoms with E-state index >= 15 is 0 Å². The first-order chi connectivity index (χ1) is 9.60. The summed E-state index contributed by atoms with van der Waals surface area (Å²) >= 11 is 0. The quantitative estimate of drug-likeness (QED) is 0.884. The Kier molecular flexibility index (Phi) is 4.98. The maximum atomic E-state index is 12.2. The van der Waals surface area contributed by atoms with Gasteiger partial charge in [-0.3, -0.25) is 0 Å². The van der Waals surface area contributed by atoms with Crippen molar-refractivity contribution < 1.29 is 4.79 Å². The van der Waals surface area contributed by atoms with E-state index in [0.29, 0.717) is 0 Å². The highest BCUT2D eigenvalue weighted by Crippen LogP contribution is 2.17. The smallest absolute Gasteiger partial charge is 0.321 e. The third-order valence-electron chi connectivity index (χ3n) is 3.86. The summed E-state index contributed by atoms with van der Waals surface area (Å²) in [5.41, 5.74) is 2.03. The first-order valence-corrected chi connectivity index (χ1v) is 7.12. The molecule has 5 nitrogen and oxygen atoms in total. The maximum Gasteiger partial charge on any atom is 0.321 e. The van der Waals surface area contributed by atoms with E-state index in [0.717, 1.165) is 31.9 Å². The lowest BCUT2D eigenvalue weighted by Gasteiger charge is -2.32. The molecule has 20 heavy (non-hydrogen) atoms. The van der Waals surface area contributed by atoms with E-state index in [1.165, 1.54) is 5.56 Å². The van der Waals surface area contributed by atoms with Crippen LogP contribution in [0.1, 0.15) is 18.5 Å². The molecule has 5 heteroatoms. The van der Waals surface area contributed by atoms with Gasteiger partial charge < -0.3 is 20.4 Å². The fourth-order valence-electron chi connectivity index (χ4n) is 2.26. The van der Waals surface area contributed by atoms with Gasteiger partial charge in [0, 0.05) is 37.9 Å². The summed E-state index contributed by atoms with van der Waals surface area (Å²) < 4.78 is 0. The first kappa shape index (κ1) is 14.8. The third kappa shape index (κ3) is 3.71. The molecule has 1 aromatic rings. The fraction of sp³-hybridized carbons (Fsp3) is 0.533. The van der Waals surface area contributed by atoms with E-state index in [-0.39, 0.29) is 12.1 Å². The van der Waals surface area contributed by atoms with E-state index in [9.17, 15) is 4.79 Å². The van der Waals surface area contributed by atoms with E-state index in [1.807, 2.05) is 30.1 Å². The number of carbonyl (C=O) groups excluding carboxylic acids is 1. The van der Waals surface area contributed by atoms with Gasteiger partial charge in [0.25, 0.3) is 0 Å². The normalized spacial score (nSPS) is 17.9. The summed E-state index contributed by atoms with van der Waals surface area (Å²) in [4.78, 5) is 16.3. The van der Waals surface area contributed by atoms with Gasteiger partial charge in [0.05, 0.1) is 0 Å². The van der Waals surface area contributed by atoms with Crippen LogP contribution < -0.4 is 10.6 Å². The number of urea groups is 1. The lowest BCUT2D eigenvalue weighted by atomic mass is 10.1. The van der Waals surface area contributed by atoms with Crippen molar-refractivity contribution in [3.63, 3.8) is 0 Å². The lowest BCUT2D eigenvalue weighted by molar-refractivity contribution is 0.164. The Hall–Kier alpha value is -1.59. The molecule has 2 N–H and O–H groups in total. The Balaban J connectivity index is 1.97. The van der Waals surface area contributed by atoms with Crippen LogP contribution in [0.3, 0.4) is 0 Å². The molecule has 0 radical (unpaired) electrons. The summed E-state index contributed by atoms with van der Waals surface area (Å²) in [6.45, 7) is 5.54. The van der Waals surface area contributed by atoms with E-state index < -0.39 is 0 Å². The molecule has 2 amide bonds. The number of likely N-dealkylation sites (N-methyl/N-ethyl adjacent to an activating group) is 1. The molecule has 1 saturated heterocycles. The Labute approximate surface area is 120 Å². The molecule has 1 aliphatic heterocycles. The topological polar surface area (TPSA) is 47.6 Å². The lowest BCUT2D eigenvalue weighted by Crippen LogP contribution is -2.48. The van der Waals surface area contributed by atoms with Gasteiger partial charge in [-0.25, -0.2) is 4.79 Å². The molecule has 0 aromatic heterocycles. The van der Waals surface area contributed by atoms with Crippen molar-refractivity contribution in [1.82, 2.24) is 15.1 Å². The Morgan fingerprint density at radius 1 is 1.25 bits per heavy atom. The second kappa shape index (κ2) is 6.72. The average Bonchev–Trinajstić information content (AvgIpc) is 2.47. The highest BCUT2D eigenvalue weighted by Gasteiger charge is 2.19. The molecular weight excluding hydrogens is 252 g/mol. The van der Waals surface area contributed by atoms with Gasteiger partial charge in [0.15, 0.2) is 0 Å². The zero-order chi connectivity index (χ0) is 14.5. The number of nitrogens with zero attached hydrogens (tertiary/aromatic N) is 2. The molecule has 0 aliphatic carbocycles. The standard InChI is InChI=1S/C15H24N4O/c1-12(16-2)13-5-4-6-14(11-13)17-15(20)19-9-7-18(3)8-10-19/h4-6,11-12,16H,7-10H2,1-3H3,(H,17,20). The van der Waals surface area contributed by atoms with E-state index in [1.54, 1.807) is 0 Å². The number of hydrogen-bond donors (Lipinski definition) is 2.